The van der Waals surface area contributed by atoms with E-state index in [4.69, 9.17) is 16.3 Å². The number of halogens is 1. The van der Waals surface area contributed by atoms with Crippen molar-refractivity contribution in [2.75, 3.05) is 24.6 Å². The van der Waals surface area contributed by atoms with Crippen molar-refractivity contribution in [2.45, 2.75) is 25.7 Å². The lowest BCUT2D eigenvalue weighted by Crippen LogP contribution is -2.26. The molecule has 0 saturated carbocycles. The van der Waals surface area contributed by atoms with Gasteiger partial charge in [-0.2, -0.15) is 5.10 Å². The number of nitrogens with one attached hydrogen (secondary N) is 1. The Kier molecular flexibility index (Phi) is 7.62. The zero-order valence-electron chi connectivity index (χ0n) is 16.4. The molecule has 8 nitrogen and oxygen atoms in total. The molecule has 0 atom stereocenters. The standard InChI is InChI=1S/C21H23ClN4O4/c22-17-6-5-7-19(13-17)30-15-21(27)24-23-14-16-12-18(26(28)29)8-9-20(16)25-10-3-1-2-4-11-25/h5-9,12-14H,1-4,10-11,15H2,(H,24,27). The number of rotatable bonds is 7. The number of hydrogen-bond acceptors (Lipinski definition) is 6. The van der Waals surface area contributed by atoms with Crippen LogP contribution in [0.25, 0.3) is 0 Å². The Morgan fingerprint density at radius 2 is 1.97 bits per heavy atom. The van der Waals surface area contributed by atoms with Gasteiger partial charge in [0.25, 0.3) is 11.6 Å². The molecule has 1 heterocycles. The summed E-state index contributed by atoms with van der Waals surface area (Å²) in [5, 5.41) is 15.7. The molecule has 2 aromatic carbocycles. The molecule has 0 aromatic heterocycles. The van der Waals surface area contributed by atoms with Crippen LogP contribution in [-0.4, -0.2) is 36.7 Å². The summed E-state index contributed by atoms with van der Waals surface area (Å²) in [6, 6.07) is 11.4. The molecule has 0 radical (unpaired) electrons. The molecule has 2 aromatic rings. The normalized spacial score (nSPS) is 14.4. The maximum absolute atomic E-state index is 12.0. The molecule has 3 rings (SSSR count). The first-order chi connectivity index (χ1) is 14.5. The number of hydrogen-bond donors (Lipinski definition) is 1. The SMILES string of the molecule is O=C(COc1cccc(Cl)c1)NN=Cc1cc([N+](=O)[O-])ccc1N1CCCCCC1. The van der Waals surface area contributed by atoms with Gasteiger partial charge >= 0.3 is 0 Å². The van der Waals surface area contributed by atoms with Crippen LogP contribution >= 0.6 is 11.6 Å². The van der Waals surface area contributed by atoms with Crippen molar-refractivity contribution in [2.24, 2.45) is 5.10 Å². The van der Waals surface area contributed by atoms with Crippen molar-refractivity contribution >= 4 is 35.1 Å². The summed E-state index contributed by atoms with van der Waals surface area (Å²) < 4.78 is 5.37. The second-order valence-corrected chi connectivity index (χ2v) is 7.38. The molecule has 1 aliphatic rings. The van der Waals surface area contributed by atoms with Crippen molar-refractivity contribution in [3.8, 4) is 5.75 Å². The summed E-state index contributed by atoms with van der Waals surface area (Å²) in [7, 11) is 0. The summed E-state index contributed by atoms with van der Waals surface area (Å²) >= 11 is 5.88. The number of ether oxygens (including phenoxy) is 1. The van der Waals surface area contributed by atoms with Crippen LogP contribution in [0, 0.1) is 10.1 Å². The van der Waals surface area contributed by atoms with Crippen LogP contribution in [0.3, 0.4) is 0 Å². The fourth-order valence-electron chi connectivity index (χ4n) is 3.27. The van der Waals surface area contributed by atoms with Gasteiger partial charge in [0.2, 0.25) is 0 Å². The average Bonchev–Trinajstić information content (AvgIpc) is 3.01. The van der Waals surface area contributed by atoms with Gasteiger partial charge in [0, 0.05) is 41.5 Å². The molecular weight excluding hydrogens is 408 g/mol. The minimum absolute atomic E-state index is 0.0226. The lowest BCUT2D eigenvalue weighted by Gasteiger charge is -2.24. The summed E-state index contributed by atoms with van der Waals surface area (Å²) in [4.78, 5) is 24.9. The van der Waals surface area contributed by atoms with Crippen LogP contribution in [-0.2, 0) is 4.79 Å². The summed E-state index contributed by atoms with van der Waals surface area (Å²) in [6.45, 7) is 1.54. The van der Waals surface area contributed by atoms with E-state index in [-0.39, 0.29) is 12.3 Å². The highest BCUT2D eigenvalue weighted by Gasteiger charge is 2.16. The number of amides is 1. The van der Waals surface area contributed by atoms with Gasteiger partial charge in [0.05, 0.1) is 11.1 Å². The number of nitrogens with zero attached hydrogens (tertiary/aromatic N) is 3. The van der Waals surface area contributed by atoms with E-state index in [1.807, 2.05) is 0 Å². The summed E-state index contributed by atoms with van der Waals surface area (Å²) in [6.07, 6.45) is 5.94. The van der Waals surface area contributed by atoms with E-state index in [0.29, 0.717) is 16.3 Å². The van der Waals surface area contributed by atoms with Crippen molar-refractivity contribution in [3.63, 3.8) is 0 Å². The average molecular weight is 431 g/mol. The van der Waals surface area contributed by atoms with Gasteiger partial charge in [0.15, 0.2) is 6.61 Å². The van der Waals surface area contributed by atoms with Crippen molar-refractivity contribution < 1.29 is 14.5 Å². The number of carbonyl (C=O) groups is 1. The van der Waals surface area contributed by atoms with Gasteiger partial charge in [-0.1, -0.05) is 30.5 Å². The number of non-ortho nitro benzene ring substituents is 1. The maximum atomic E-state index is 12.0. The largest absolute Gasteiger partial charge is 0.484 e. The Labute approximate surface area is 179 Å². The molecule has 0 spiro atoms. The van der Waals surface area contributed by atoms with E-state index >= 15 is 0 Å². The number of benzene rings is 2. The molecule has 1 N–H and O–H groups in total. The second kappa shape index (κ2) is 10.6. The molecule has 0 aliphatic carbocycles. The van der Waals surface area contributed by atoms with Gasteiger partial charge in [-0.15, -0.1) is 0 Å². The smallest absolute Gasteiger partial charge is 0.277 e. The molecule has 1 aliphatic heterocycles. The van der Waals surface area contributed by atoms with Crippen LogP contribution in [0.4, 0.5) is 11.4 Å². The first kappa shape index (κ1) is 21.6. The highest BCUT2D eigenvalue weighted by molar-refractivity contribution is 6.30. The lowest BCUT2D eigenvalue weighted by atomic mass is 10.1. The van der Waals surface area contributed by atoms with Gasteiger partial charge in [-0.3, -0.25) is 14.9 Å². The van der Waals surface area contributed by atoms with Crippen LogP contribution in [0.1, 0.15) is 31.2 Å². The number of nitro groups is 1. The predicted molar refractivity (Wildman–Crippen MR) is 116 cm³/mol. The first-order valence-electron chi connectivity index (χ1n) is 9.76. The molecule has 0 unspecified atom stereocenters. The van der Waals surface area contributed by atoms with Gasteiger partial charge < -0.3 is 9.64 Å². The molecule has 30 heavy (non-hydrogen) atoms. The van der Waals surface area contributed by atoms with Crippen LogP contribution in [0.15, 0.2) is 47.6 Å². The Bertz CT molecular complexity index is 927. The Morgan fingerprint density at radius 1 is 1.20 bits per heavy atom. The summed E-state index contributed by atoms with van der Waals surface area (Å²) in [5.41, 5.74) is 3.83. The molecule has 1 saturated heterocycles. The van der Waals surface area contributed by atoms with E-state index in [2.05, 4.69) is 15.4 Å². The minimum atomic E-state index is -0.451. The number of carbonyl (C=O) groups excluding carboxylic acids is 1. The van der Waals surface area contributed by atoms with Crippen molar-refractivity contribution in [1.82, 2.24) is 5.43 Å². The van der Waals surface area contributed by atoms with E-state index in [9.17, 15) is 14.9 Å². The Morgan fingerprint density at radius 3 is 2.67 bits per heavy atom. The Balaban J connectivity index is 1.67. The number of nitro benzene ring substituents is 1. The maximum Gasteiger partial charge on any atom is 0.277 e. The van der Waals surface area contributed by atoms with Gasteiger partial charge in [-0.25, -0.2) is 5.43 Å². The molecule has 158 valence electrons. The third-order valence-corrected chi connectivity index (χ3v) is 4.96. The van der Waals surface area contributed by atoms with Gasteiger partial charge in [0.1, 0.15) is 5.75 Å². The van der Waals surface area contributed by atoms with E-state index in [1.54, 1.807) is 30.3 Å². The second-order valence-electron chi connectivity index (χ2n) is 6.94. The zero-order chi connectivity index (χ0) is 21.3. The van der Waals surface area contributed by atoms with Crippen molar-refractivity contribution in [3.05, 3.63) is 63.2 Å². The predicted octanol–water partition coefficient (Wildman–Crippen LogP) is 4.16. The Hall–Kier alpha value is -3.13. The minimum Gasteiger partial charge on any atom is -0.484 e. The summed E-state index contributed by atoms with van der Waals surface area (Å²) in [5.74, 6) is 0.0248. The quantitative estimate of drug-likeness (QED) is 0.404. The first-order valence-corrected chi connectivity index (χ1v) is 10.1. The van der Waals surface area contributed by atoms with Gasteiger partial charge in [-0.05, 0) is 37.1 Å². The van der Waals surface area contributed by atoms with Crippen LogP contribution in [0.5, 0.6) is 5.75 Å². The van der Waals surface area contributed by atoms with E-state index < -0.39 is 10.8 Å². The topological polar surface area (TPSA) is 97.1 Å². The zero-order valence-corrected chi connectivity index (χ0v) is 17.2. The molecule has 1 amide bonds. The van der Waals surface area contributed by atoms with E-state index in [1.165, 1.54) is 31.2 Å². The lowest BCUT2D eigenvalue weighted by molar-refractivity contribution is -0.384. The fourth-order valence-corrected chi connectivity index (χ4v) is 3.45. The molecule has 1 fully saturated rings. The van der Waals surface area contributed by atoms with E-state index in [0.717, 1.165) is 31.6 Å². The number of anilines is 1. The highest BCUT2D eigenvalue weighted by atomic mass is 35.5. The number of hydrazone groups is 1. The van der Waals surface area contributed by atoms with Crippen molar-refractivity contribution in [1.29, 1.82) is 0 Å². The molecular formula is C21H23ClN4O4. The van der Waals surface area contributed by atoms with Crippen LogP contribution < -0.4 is 15.1 Å². The van der Waals surface area contributed by atoms with Crippen LogP contribution in [0.2, 0.25) is 5.02 Å². The monoisotopic (exact) mass is 430 g/mol. The molecule has 9 heteroatoms. The highest BCUT2D eigenvalue weighted by Crippen LogP contribution is 2.26. The third-order valence-electron chi connectivity index (χ3n) is 4.73. The third kappa shape index (κ3) is 6.18. The molecule has 0 bridgehead atoms. The fraction of sp³-hybridized carbons (Fsp3) is 0.333.